The summed E-state index contributed by atoms with van der Waals surface area (Å²) in [6.45, 7) is 3.10. The lowest BCUT2D eigenvalue weighted by atomic mass is 10.3. The summed E-state index contributed by atoms with van der Waals surface area (Å²) in [7, 11) is 0. The number of rotatable bonds is 1. The minimum atomic E-state index is -0.282. The standard InChI is InChI=1S/C7H13NO2/c1-2-7(10)8-4-3-6(9)5-8/h6,9H,2-5H2,1H3. The van der Waals surface area contributed by atoms with E-state index in [4.69, 9.17) is 5.11 Å². The summed E-state index contributed by atoms with van der Waals surface area (Å²) in [5.41, 5.74) is 0. The Morgan fingerprint density at radius 3 is 2.90 bits per heavy atom. The van der Waals surface area contributed by atoms with Crippen molar-refractivity contribution in [3.63, 3.8) is 0 Å². The molecular weight excluding hydrogens is 130 g/mol. The molecule has 1 aliphatic heterocycles. The molecule has 1 atom stereocenters. The van der Waals surface area contributed by atoms with E-state index in [0.717, 1.165) is 13.0 Å². The number of likely N-dealkylation sites (tertiary alicyclic amines) is 1. The number of carbonyl (C=O) groups is 1. The summed E-state index contributed by atoms with van der Waals surface area (Å²) < 4.78 is 0. The molecule has 1 unspecified atom stereocenters. The number of β-amino-alcohol motifs (C(OH)–C–C–N with tert-alkyl or cyclic N) is 1. The van der Waals surface area contributed by atoms with Crippen molar-refractivity contribution < 1.29 is 9.90 Å². The largest absolute Gasteiger partial charge is 0.391 e. The van der Waals surface area contributed by atoms with Crippen LogP contribution in [0.5, 0.6) is 0 Å². The molecule has 0 spiro atoms. The van der Waals surface area contributed by atoms with Gasteiger partial charge in [0.2, 0.25) is 5.91 Å². The maximum atomic E-state index is 11.0. The first-order valence-corrected chi connectivity index (χ1v) is 3.70. The van der Waals surface area contributed by atoms with Crippen LogP contribution >= 0.6 is 0 Å². The van der Waals surface area contributed by atoms with E-state index in [2.05, 4.69) is 0 Å². The van der Waals surface area contributed by atoms with E-state index in [1.54, 1.807) is 4.90 Å². The minimum absolute atomic E-state index is 0.150. The minimum Gasteiger partial charge on any atom is -0.391 e. The van der Waals surface area contributed by atoms with Gasteiger partial charge in [0.1, 0.15) is 0 Å². The third-order valence-corrected chi connectivity index (χ3v) is 1.82. The molecule has 3 nitrogen and oxygen atoms in total. The highest BCUT2D eigenvalue weighted by atomic mass is 16.3. The maximum absolute atomic E-state index is 11.0. The summed E-state index contributed by atoms with van der Waals surface area (Å²) in [5, 5.41) is 9.05. The molecule has 0 radical (unpaired) electrons. The number of hydrogen-bond donors (Lipinski definition) is 1. The number of hydrogen-bond acceptors (Lipinski definition) is 2. The molecule has 0 aromatic carbocycles. The molecule has 1 saturated heterocycles. The quantitative estimate of drug-likeness (QED) is 0.561. The Morgan fingerprint density at radius 2 is 2.50 bits per heavy atom. The zero-order chi connectivity index (χ0) is 7.56. The number of aliphatic hydroxyl groups is 1. The van der Waals surface area contributed by atoms with Crippen molar-refractivity contribution in [3.8, 4) is 0 Å². The summed E-state index contributed by atoms with van der Waals surface area (Å²) in [6, 6.07) is 0. The van der Waals surface area contributed by atoms with Gasteiger partial charge >= 0.3 is 0 Å². The van der Waals surface area contributed by atoms with Gasteiger partial charge in [0.15, 0.2) is 0 Å². The number of amides is 1. The zero-order valence-corrected chi connectivity index (χ0v) is 6.21. The van der Waals surface area contributed by atoms with Gasteiger partial charge in [0.25, 0.3) is 0 Å². The molecule has 58 valence electrons. The Labute approximate surface area is 60.6 Å². The van der Waals surface area contributed by atoms with Gasteiger partial charge in [-0.3, -0.25) is 4.79 Å². The van der Waals surface area contributed by atoms with Gasteiger partial charge in [-0.15, -0.1) is 0 Å². The second kappa shape index (κ2) is 3.01. The lowest BCUT2D eigenvalue weighted by molar-refractivity contribution is -0.130. The molecule has 0 aromatic rings. The van der Waals surface area contributed by atoms with Crippen LogP contribution < -0.4 is 0 Å². The molecule has 1 fully saturated rings. The van der Waals surface area contributed by atoms with E-state index in [9.17, 15) is 4.79 Å². The Balaban J connectivity index is 2.37. The van der Waals surface area contributed by atoms with Crippen molar-refractivity contribution in [3.05, 3.63) is 0 Å². The molecule has 1 heterocycles. The summed E-state index contributed by atoms with van der Waals surface area (Å²) in [5.74, 6) is 0.150. The molecule has 0 aliphatic carbocycles. The first-order valence-electron chi connectivity index (χ1n) is 3.70. The van der Waals surface area contributed by atoms with Crippen LogP contribution in [0, 0.1) is 0 Å². The highest BCUT2D eigenvalue weighted by molar-refractivity contribution is 5.76. The lowest BCUT2D eigenvalue weighted by Gasteiger charge is -2.13. The van der Waals surface area contributed by atoms with Crippen LogP contribution in [0.3, 0.4) is 0 Å². The lowest BCUT2D eigenvalue weighted by Crippen LogP contribution is -2.28. The SMILES string of the molecule is CCC(=O)N1CCC(O)C1. The summed E-state index contributed by atoms with van der Waals surface area (Å²) in [4.78, 5) is 12.7. The average Bonchev–Trinajstić information content (AvgIpc) is 2.34. The van der Waals surface area contributed by atoms with E-state index in [1.165, 1.54) is 0 Å². The third kappa shape index (κ3) is 1.48. The van der Waals surface area contributed by atoms with Gasteiger partial charge in [-0.05, 0) is 6.42 Å². The third-order valence-electron chi connectivity index (χ3n) is 1.82. The molecule has 0 bridgehead atoms. The second-order valence-corrected chi connectivity index (χ2v) is 2.64. The van der Waals surface area contributed by atoms with Crippen LogP contribution in [-0.4, -0.2) is 35.1 Å². The Bertz CT molecular complexity index is 136. The zero-order valence-electron chi connectivity index (χ0n) is 6.21. The number of aliphatic hydroxyl groups excluding tert-OH is 1. The van der Waals surface area contributed by atoms with Crippen LogP contribution in [0.25, 0.3) is 0 Å². The number of carbonyl (C=O) groups excluding carboxylic acids is 1. The predicted octanol–water partition coefficient (Wildman–Crippen LogP) is -0.0104. The van der Waals surface area contributed by atoms with Crippen LogP contribution in [-0.2, 0) is 4.79 Å². The van der Waals surface area contributed by atoms with E-state index >= 15 is 0 Å². The van der Waals surface area contributed by atoms with E-state index in [1.807, 2.05) is 6.92 Å². The fraction of sp³-hybridized carbons (Fsp3) is 0.857. The number of nitrogens with zero attached hydrogens (tertiary/aromatic N) is 1. The molecule has 1 rings (SSSR count). The van der Waals surface area contributed by atoms with Gasteiger partial charge < -0.3 is 10.0 Å². The molecule has 0 aromatic heterocycles. The predicted molar refractivity (Wildman–Crippen MR) is 37.5 cm³/mol. The Morgan fingerprint density at radius 1 is 1.80 bits per heavy atom. The monoisotopic (exact) mass is 143 g/mol. The van der Waals surface area contributed by atoms with Crippen LogP contribution in [0.15, 0.2) is 0 Å². The molecule has 0 saturated carbocycles. The first kappa shape index (κ1) is 7.54. The van der Waals surface area contributed by atoms with Crippen molar-refractivity contribution in [2.24, 2.45) is 0 Å². The fourth-order valence-corrected chi connectivity index (χ4v) is 1.19. The summed E-state index contributed by atoms with van der Waals surface area (Å²) >= 11 is 0. The van der Waals surface area contributed by atoms with E-state index in [0.29, 0.717) is 13.0 Å². The second-order valence-electron chi connectivity index (χ2n) is 2.64. The van der Waals surface area contributed by atoms with Crippen molar-refractivity contribution >= 4 is 5.91 Å². The molecule has 1 amide bonds. The molecule has 3 heteroatoms. The van der Waals surface area contributed by atoms with E-state index in [-0.39, 0.29) is 12.0 Å². The van der Waals surface area contributed by atoms with Crippen molar-refractivity contribution in [2.45, 2.75) is 25.9 Å². The van der Waals surface area contributed by atoms with Crippen LogP contribution in [0.1, 0.15) is 19.8 Å². The average molecular weight is 143 g/mol. The summed E-state index contributed by atoms with van der Waals surface area (Å²) in [6.07, 6.45) is 1.01. The van der Waals surface area contributed by atoms with Gasteiger partial charge in [-0.2, -0.15) is 0 Å². The molecular formula is C7H13NO2. The molecule has 10 heavy (non-hydrogen) atoms. The van der Waals surface area contributed by atoms with Gasteiger partial charge in [0, 0.05) is 19.5 Å². The molecule has 1 aliphatic rings. The van der Waals surface area contributed by atoms with Crippen LogP contribution in [0.4, 0.5) is 0 Å². The van der Waals surface area contributed by atoms with E-state index < -0.39 is 0 Å². The first-order chi connectivity index (χ1) is 4.74. The normalized spacial score (nSPS) is 25.4. The highest BCUT2D eigenvalue weighted by Crippen LogP contribution is 2.09. The topological polar surface area (TPSA) is 40.5 Å². The van der Waals surface area contributed by atoms with Crippen LogP contribution in [0.2, 0.25) is 0 Å². The fourth-order valence-electron chi connectivity index (χ4n) is 1.19. The van der Waals surface area contributed by atoms with Gasteiger partial charge in [0.05, 0.1) is 6.10 Å². The Kier molecular flexibility index (Phi) is 2.27. The van der Waals surface area contributed by atoms with Gasteiger partial charge in [-0.1, -0.05) is 6.92 Å². The highest BCUT2D eigenvalue weighted by Gasteiger charge is 2.22. The van der Waals surface area contributed by atoms with Gasteiger partial charge in [-0.25, -0.2) is 0 Å². The Hall–Kier alpha value is -0.570. The smallest absolute Gasteiger partial charge is 0.222 e. The maximum Gasteiger partial charge on any atom is 0.222 e. The van der Waals surface area contributed by atoms with Crippen molar-refractivity contribution in [1.82, 2.24) is 4.90 Å². The van der Waals surface area contributed by atoms with Crippen molar-refractivity contribution in [2.75, 3.05) is 13.1 Å². The molecule has 1 N–H and O–H groups in total. The van der Waals surface area contributed by atoms with Crippen molar-refractivity contribution in [1.29, 1.82) is 0 Å².